The number of aliphatic hydroxyl groups is 1. The van der Waals surface area contributed by atoms with E-state index in [0.29, 0.717) is 17.3 Å². The third-order valence-corrected chi connectivity index (χ3v) is 10.4. The third-order valence-electron chi connectivity index (χ3n) is 9.95. The molecule has 0 spiro atoms. The molecule has 5 nitrogen and oxygen atoms in total. The van der Waals surface area contributed by atoms with Gasteiger partial charge >= 0.3 is 5.97 Å². The number of rotatable bonds is 9. The number of carbonyl (C=O) groups excluding carboxylic acids is 1. The number of β-amino-alcohol motifs (C(OH)–C–C–N with tert-alkyl or cyclic N) is 1. The first-order valence-corrected chi connectivity index (χ1v) is 15.2. The molecule has 0 fully saturated rings. The molecule has 0 radical (unpaired) electrons. The number of hydrogen-bond acceptors (Lipinski definition) is 5. The van der Waals surface area contributed by atoms with Crippen molar-refractivity contribution in [2.24, 2.45) is 5.92 Å². The number of likely N-dealkylation sites (N-methyl/N-ethyl adjacent to an activating group) is 1. The van der Waals surface area contributed by atoms with Gasteiger partial charge in [-0.1, -0.05) is 51.4 Å². The van der Waals surface area contributed by atoms with Crippen molar-refractivity contribution in [2.45, 2.75) is 125 Å². The first kappa shape index (κ1) is 26.5. The maximum absolute atomic E-state index is 13.0. The number of fused-ring (bicyclic) bond motifs is 1. The second-order valence-electron chi connectivity index (χ2n) is 13.6. The van der Waals surface area contributed by atoms with E-state index in [0.717, 1.165) is 46.2 Å². The molecule has 2 aromatic rings. The minimum atomic E-state index is -1.89. The van der Waals surface area contributed by atoms with E-state index < -0.39 is 17.7 Å². The fourth-order valence-electron chi connectivity index (χ4n) is 6.85. The molecule has 0 aromatic heterocycles. The Morgan fingerprint density at radius 1 is 1.20 bits per heavy atom. The van der Waals surface area contributed by atoms with E-state index in [1.54, 1.807) is 0 Å². The highest BCUT2D eigenvalue weighted by atomic mass is 35.5. The summed E-state index contributed by atoms with van der Waals surface area (Å²) in [5.74, 6) is -0.00430. The molecule has 2 aromatic carbocycles. The summed E-state index contributed by atoms with van der Waals surface area (Å²) < 4.78 is 60.5. The van der Waals surface area contributed by atoms with E-state index in [4.69, 9.17) is 34.3 Å². The molecule has 0 saturated carbocycles. The van der Waals surface area contributed by atoms with Crippen LogP contribution in [0.25, 0.3) is 0 Å². The summed E-state index contributed by atoms with van der Waals surface area (Å²) >= 11 is 6.48. The highest BCUT2D eigenvalue weighted by Gasteiger charge is 2.51. The molecule has 3 rings (SSSR count). The Hall–Kier alpha value is -2.08. The van der Waals surface area contributed by atoms with Gasteiger partial charge in [-0.2, -0.15) is 0 Å². The summed E-state index contributed by atoms with van der Waals surface area (Å²) in [6, 6.07) is 6.00. The van der Waals surface area contributed by atoms with Gasteiger partial charge in [0, 0.05) is 154 Å². The number of benzene rings is 2. The fraction of sp³-hybridized carbons (Fsp3) is 0.629. The predicted octanol–water partition coefficient (Wildman–Crippen LogP) is 29.4. The number of esters is 1. The lowest BCUT2D eigenvalue weighted by Crippen LogP contribution is -2.61. The van der Waals surface area contributed by atoms with Crippen LogP contribution in [0.4, 0.5) is 0 Å². The van der Waals surface area contributed by atoms with Crippen molar-refractivity contribution in [2.75, 3.05) is 13.6 Å². The van der Waals surface area contributed by atoms with Gasteiger partial charge in [0.1, 0.15) is 17.5 Å². The van der Waals surface area contributed by atoms with Gasteiger partial charge in [0.25, 0.3) is 0 Å². The van der Waals surface area contributed by atoms with Gasteiger partial charge in [0.15, 0.2) is 6.08 Å². The first-order chi connectivity index (χ1) is 23.1. The highest BCUT2D eigenvalue weighted by Crippen LogP contribution is 2.51. The third kappa shape index (κ3) is 6.19. The van der Waals surface area contributed by atoms with Crippen molar-refractivity contribution in [3.63, 3.8) is 0 Å². The van der Waals surface area contributed by atoms with Crippen molar-refractivity contribution in [1.82, 2.24) is 4.90 Å². The quantitative estimate of drug-likeness (QED) is 0.257. The second kappa shape index (κ2) is 11.9. The van der Waals surface area contributed by atoms with E-state index in [1.807, 2.05) is 67.5 Å². The summed E-state index contributed by atoms with van der Waals surface area (Å²) in [7, 11) is 2.09. The zero-order chi connectivity index (χ0) is 40.2. The molecule has 404 valence electrons. The van der Waals surface area contributed by atoms with Crippen molar-refractivity contribution in [3.05, 3.63) is 62.2 Å². The van der Waals surface area contributed by atoms with Gasteiger partial charge in [-0.15, -0.1) is 0 Å². The highest BCUT2D eigenvalue weighted by molar-refractivity contribution is 6.31. The summed E-state index contributed by atoms with van der Waals surface area (Å²) in [5, 5.41) is 12.5. The van der Waals surface area contributed by atoms with Crippen LogP contribution in [0.5, 0.6) is 5.75 Å². The molecule has 1 N–H and O–H groups in total. The van der Waals surface area contributed by atoms with Crippen LogP contribution >= 0.6 is 11.6 Å². The molecule has 0 bridgehead atoms. The summed E-state index contributed by atoms with van der Waals surface area (Å²) in [6.07, 6.45) is -0.437. The number of aryl methyl sites for hydroxylation is 3. The molecule has 0 saturated heterocycles. The standard InChI is InChI=1S/C35H52ClNO4.88H2/c1-20(2)25(7)41-32(38)26(8)40-31-22(4)18-27-16-17-35(12,33(9,10)30(27)24(31)6)37(13)19-34(11,39)29-21(3)14-15-28(36)23(29)5;;;;;;;;;;;;;;;;;;;;;;;;;;;;;;;;;;;;;;;;;;;;;;;;;;;;;;;;;;;;;;;;;;;;;;;;;;;;;;;;;;;;;;;;/h14-15,18,20,25-26,39H,16-17,19H2,1-13H3;88*1H/t25?,26?,34-,35-;;;;;;;;;;;;;;;;;;;;;;;;;;;;;;;;;;;;;;;;;;;;;;;;;;;;;;;;;;;;;;;;;;;;;;;;;;;;;;;;;;;;;;;;/m0......................................................................................../s1/i26D;4*1+1D;;;;;;;;;;;;;;;;;;;;;;;;;;;;;;;;;;;;;;;;;;;;;;;;;;;;;;;;;;;;;;;;;;;;;;;;;;;;;;;;;;;;. The smallest absolute Gasteiger partial charge is 0.347 e. The molecular weight excluding hydrogens is 534 g/mol. The Morgan fingerprint density at radius 3 is 2.39 bits per heavy atom. The maximum Gasteiger partial charge on any atom is 0.347 e. The Morgan fingerprint density at radius 2 is 1.80 bits per heavy atom. The molecule has 2 unspecified atom stereocenters. The SMILES string of the molecule is [2H]C(C)(Oc1c(C)cc2c(c1C)C(C)(C)[C@@](C)(N(C)C[C@](C)(O)c1c(C)ccc(Cl)c1C)CC2)C(=O)OC(C)C(C)C.[2H][2H].[2H][2H].[2H][2H].[2H][2H].[HH].[HH].[HH].[HH].[HH].[HH].[HH].[HH].[HH].[HH].[HH].[HH].[HH].[HH].[HH].[HH].[HH].[HH].[HH].[HH].[HH].[HH].[HH].[HH].[HH].[HH].[HH].[HH].[HH].[HH].[HH].[HH].[HH].[HH].[HH].[HH].[HH].[HH].[HH].[HH].[HH].[HH].[HH].[HH].[HH].[HH].[HH].[HH].[HH].[HH].[HH].[HH].[HH].[HH].[HH].[HH].[HH].[HH].[HH].[HH].[HH].[HH].[HH].[HH].[HH].[HH].[HH].[HH].[HH].[HH].[HH].[HH].[HH].[HH].[HH].[HH].[HH].[HH].[HH].[HH].[HH].[HH].[HH].[HH]. The lowest BCUT2D eigenvalue weighted by molar-refractivity contribution is -0.157. The van der Waals surface area contributed by atoms with Gasteiger partial charge in [0.2, 0.25) is 0 Å². The first-order valence-electron chi connectivity index (χ1n) is 19.3. The zero-order valence-electron chi connectivity index (χ0n) is 36.5. The molecule has 1 aliphatic carbocycles. The van der Waals surface area contributed by atoms with Gasteiger partial charge in [-0.3, -0.25) is 4.90 Å². The summed E-state index contributed by atoms with van der Waals surface area (Å²) in [5.41, 5.74) is 5.25. The lowest BCUT2D eigenvalue weighted by atomic mass is 9.59. The molecule has 0 heterocycles. The van der Waals surface area contributed by atoms with Crippen LogP contribution in [-0.2, 0) is 27.0 Å². The number of hydrogen-bond donors (Lipinski definition) is 1. The van der Waals surface area contributed by atoms with Crippen molar-refractivity contribution < 1.29 is 152 Å². The van der Waals surface area contributed by atoms with Gasteiger partial charge in [0.05, 0.1) is 1.37 Å². The number of ether oxygens (including phenoxy) is 2. The Balaban J connectivity index is -0.00000000291. The van der Waals surface area contributed by atoms with E-state index in [1.165, 1.54) is 12.5 Å². The normalized spacial score (nSPS) is 23.2. The topological polar surface area (TPSA) is 59.0 Å². The van der Waals surface area contributed by atoms with Crippen molar-refractivity contribution in [1.29, 1.82) is 0 Å². The molecule has 0 amide bonds. The van der Waals surface area contributed by atoms with Crippen molar-refractivity contribution >= 4 is 17.6 Å². The van der Waals surface area contributed by atoms with Crippen molar-refractivity contribution in [3.8, 4) is 5.75 Å². The zero-order valence-corrected chi connectivity index (χ0v) is 28.3. The van der Waals surface area contributed by atoms with Gasteiger partial charge in [-0.05, 0) is 126 Å². The van der Waals surface area contributed by atoms with Crippen LogP contribution < -0.4 is 4.74 Å². The van der Waals surface area contributed by atoms with E-state index >= 15 is 0 Å². The minimum absolute atomic E-state index is 0. The minimum Gasteiger partial charge on any atom is -0.478 e. The summed E-state index contributed by atoms with van der Waals surface area (Å²) in [6.45, 7) is 24.3. The molecule has 4 atom stereocenters. The van der Waals surface area contributed by atoms with E-state index in [-0.39, 0.29) is 143 Å². The monoisotopic (exact) mass is 772 g/mol. The Labute approximate surface area is 392 Å². The number of nitrogens with zero attached hydrogens (tertiary/aromatic N) is 1. The van der Waals surface area contributed by atoms with Crippen LogP contribution in [0.15, 0.2) is 18.2 Å². The van der Waals surface area contributed by atoms with Crippen LogP contribution in [0.2, 0.25) is 5.02 Å². The van der Waals surface area contributed by atoms with Crippen LogP contribution in [0.3, 0.4) is 0 Å². The Bertz CT molecular complexity index is 1460. The van der Waals surface area contributed by atoms with E-state index in [2.05, 4.69) is 38.8 Å². The molecule has 1 aliphatic rings. The van der Waals surface area contributed by atoms with Crippen LogP contribution in [0.1, 0.15) is 234 Å². The maximum atomic E-state index is 13.0. The van der Waals surface area contributed by atoms with Gasteiger partial charge < -0.3 is 14.6 Å². The molecular formula is C35H228ClNO4. The predicted molar refractivity (Wildman–Crippen MR) is 355 cm³/mol. The average Bonchev–Trinajstić information content (AvgIpc) is 3.06. The van der Waals surface area contributed by atoms with Crippen LogP contribution in [-0.4, -0.2) is 47.3 Å². The Kier molecular flexibility index (Phi) is 7.70. The lowest BCUT2D eigenvalue weighted by Gasteiger charge is -2.56. The second-order valence-corrected chi connectivity index (χ2v) is 14.0. The molecule has 41 heavy (non-hydrogen) atoms. The number of carbonyl (C=O) groups is 1. The largest absolute Gasteiger partial charge is 0.478 e. The van der Waals surface area contributed by atoms with E-state index in [9.17, 15) is 9.90 Å². The van der Waals surface area contributed by atoms with Gasteiger partial charge in [-0.25, -0.2) is 4.79 Å². The molecule has 0 aliphatic heterocycles. The van der Waals surface area contributed by atoms with Crippen LogP contribution in [0, 0.1) is 33.6 Å². The number of halogens is 1. The molecule has 6 heteroatoms. The fourth-order valence-corrected chi connectivity index (χ4v) is 7.01. The summed E-state index contributed by atoms with van der Waals surface area (Å²) in [4.78, 5) is 15.2. The average molecular weight is 773 g/mol.